The second-order valence-corrected chi connectivity index (χ2v) is 9.54. The Hall–Kier alpha value is -3.67. The van der Waals surface area contributed by atoms with Crippen molar-refractivity contribution >= 4 is 17.3 Å². The number of fused-ring (bicyclic) bond motifs is 1. The van der Waals surface area contributed by atoms with Crippen LogP contribution in [0.2, 0.25) is 0 Å². The molecule has 0 aromatic heterocycles. The maximum Gasteiger partial charge on any atom is 0.210 e. The van der Waals surface area contributed by atoms with Gasteiger partial charge in [0.15, 0.2) is 23.1 Å². The summed E-state index contributed by atoms with van der Waals surface area (Å²) in [5, 5.41) is 13.4. The summed E-state index contributed by atoms with van der Waals surface area (Å²) in [6.45, 7) is 6.20. The molecule has 2 N–H and O–H groups in total. The first-order chi connectivity index (χ1) is 15.7. The average molecular weight is 443 g/mol. The smallest absolute Gasteiger partial charge is 0.210 e. The Morgan fingerprint density at radius 2 is 1.70 bits per heavy atom. The number of rotatable bonds is 3. The van der Waals surface area contributed by atoms with Crippen LogP contribution >= 0.6 is 0 Å². The summed E-state index contributed by atoms with van der Waals surface area (Å²) in [4.78, 5) is 40.6. The van der Waals surface area contributed by atoms with E-state index in [1.807, 2.05) is 20.8 Å². The molecule has 2 aliphatic carbocycles. The monoisotopic (exact) mass is 443 g/mol. The lowest BCUT2D eigenvalue weighted by molar-refractivity contribution is -0.118. The molecule has 2 aromatic rings. The van der Waals surface area contributed by atoms with E-state index in [2.05, 4.69) is 5.32 Å². The molecule has 0 fully saturated rings. The third-order valence-electron chi connectivity index (χ3n) is 6.55. The predicted octanol–water partition coefficient (Wildman–Crippen LogP) is 4.45. The van der Waals surface area contributed by atoms with E-state index in [9.17, 15) is 19.5 Å². The quantitative estimate of drug-likeness (QED) is 0.728. The van der Waals surface area contributed by atoms with Gasteiger partial charge in [-0.05, 0) is 36.5 Å². The van der Waals surface area contributed by atoms with Crippen LogP contribution in [0, 0.1) is 5.41 Å². The van der Waals surface area contributed by atoms with E-state index < -0.39 is 5.92 Å². The van der Waals surface area contributed by atoms with Crippen LogP contribution in [0.25, 0.3) is 0 Å². The minimum atomic E-state index is -0.718. The molecule has 1 atom stereocenters. The summed E-state index contributed by atoms with van der Waals surface area (Å²) in [5.74, 6) is -1.04. The molecular weight excluding hydrogens is 418 g/mol. The number of carbonyl (C=O) groups excluding carboxylic acids is 3. The maximum atomic E-state index is 13.7. The van der Waals surface area contributed by atoms with Crippen molar-refractivity contribution in [1.29, 1.82) is 0 Å². The average Bonchev–Trinajstić information content (AvgIpc) is 2.77. The molecule has 1 unspecified atom stereocenters. The minimum Gasteiger partial charge on any atom is -0.504 e. The van der Waals surface area contributed by atoms with Gasteiger partial charge in [0, 0.05) is 40.3 Å². The standard InChI is InChI=1S/C27H25NO5/c1-4-33-20-11-14(9-10-18(20)29)21-22-17(12-27(2,3)13-19(22)30)28-24-23(21)25(31)15-7-5-6-8-16(15)26(24)32/h5-11,21,28-29H,4,12-13H2,1-3H3. The lowest BCUT2D eigenvalue weighted by Gasteiger charge is -2.41. The van der Waals surface area contributed by atoms with Crippen molar-refractivity contribution in [2.75, 3.05) is 6.61 Å². The third kappa shape index (κ3) is 3.28. The van der Waals surface area contributed by atoms with E-state index in [1.54, 1.807) is 36.4 Å². The van der Waals surface area contributed by atoms with Crippen LogP contribution in [0.5, 0.6) is 11.5 Å². The topological polar surface area (TPSA) is 92.7 Å². The van der Waals surface area contributed by atoms with Crippen molar-refractivity contribution in [3.05, 3.63) is 81.7 Å². The molecule has 168 valence electrons. The Bertz CT molecular complexity index is 1300. The maximum absolute atomic E-state index is 13.7. The summed E-state index contributed by atoms with van der Waals surface area (Å²) < 4.78 is 5.57. The zero-order chi connectivity index (χ0) is 23.5. The molecule has 0 radical (unpaired) electrons. The van der Waals surface area contributed by atoms with Crippen LogP contribution in [-0.2, 0) is 4.79 Å². The second-order valence-electron chi connectivity index (χ2n) is 9.54. The number of ether oxygens (including phenoxy) is 1. The lowest BCUT2D eigenvalue weighted by atomic mass is 9.66. The van der Waals surface area contributed by atoms with Crippen LogP contribution in [0.1, 0.15) is 65.8 Å². The Labute approximate surface area is 192 Å². The molecule has 0 saturated carbocycles. The van der Waals surface area contributed by atoms with Gasteiger partial charge in [-0.25, -0.2) is 0 Å². The Morgan fingerprint density at radius 3 is 2.39 bits per heavy atom. The summed E-state index contributed by atoms with van der Waals surface area (Å²) in [6.07, 6.45) is 0.933. The third-order valence-corrected chi connectivity index (χ3v) is 6.55. The molecule has 6 heteroatoms. The lowest BCUT2D eigenvalue weighted by Crippen LogP contribution is -2.42. The van der Waals surface area contributed by atoms with Gasteiger partial charge in [-0.15, -0.1) is 0 Å². The Kier molecular flexibility index (Phi) is 4.78. The van der Waals surface area contributed by atoms with Crippen LogP contribution in [-0.4, -0.2) is 29.1 Å². The largest absolute Gasteiger partial charge is 0.504 e. The number of hydrogen-bond donors (Lipinski definition) is 2. The van der Waals surface area contributed by atoms with Crippen molar-refractivity contribution in [2.45, 2.75) is 39.5 Å². The molecule has 33 heavy (non-hydrogen) atoms. The zero-order valence-electron chi connectivity index (χ0n) is 18.8. The van der Waals surface area contributed by atoms with Gasteiger partial charge in [0.1, 0.15) is 0 Å². The molecule has 5 rings (SSSR count). The van der Waals surface area contributed by atoms with Crippen LogP contribution < -0.4 is 10.1 Å². The number of dihydropyridines is 1. The number of phenols is 1. The first-order valence-electron chi connectivity index (χ1n) is 11.1. The summed E-state index contributed by atoms with van der Waals surface area (Å²) in [7, 11) is 0. The summed E-state index contributed by atoms with van der Waals surface area (Å²) >= 11 is 0. The highest BCUT2D eigenvalue weighted by molar-refractivity contribution is 6.28. The van der Waals surface area contributed by atoms with Gasteiger partial charge in [-0.1, -0.05) is 44.2 Å². The van der Waals surface area contributed by atoms with Gasteiger partial charge >= 0.3 is 0 Å². The molecule has 1 heterocycles. The molecule has 1 aliphatic heterocycles. The van der Waals surface area contributed by atoms with E-state index >= 15 is 0 Å². The predicted molar refractivity (Wildman–Crippen MR) is 122 cm³/mol. The SMILES string of the molecule is CCOc1cc(C2C3=C(CC(C)(C)CC3=O)NC3=C2C(=O)c2ccccc2C3=O)ccc1O. The Morgan fingerprint density at radius 1 is 1.00 bits per heavy atom. The van der Waals surface area contributed by atoms with Crippen molar-refractivity contribution in [3.8, 4) is 11.5 Å². The number of ketones is 3. The number of allylic oxidation sites excluding steroid dienone is 4. The molecule has 0 amide bonds. The first kappa shape index (κ1) is 21.2. The van der Waals surface area contributed by atoms with Crippen LogP contribution in [0.15, 0.2) is 65.0 Å². The molecule has 3 aliphatic rings. The van der Waals surface area contributed by atoms with E-state index in [4.69, 9.17) is 4.74 Å². The van der Waals surface area contributed by atoms with E-state index in [-0.39, 0.29) is 45.5 Å². The van der Waals surface area contributed by atoms with Gasteiger partial charge in [0.25, 0.3) is 0 Å². The van der Waals surface area contributed by atoms with Gasteiger partial charge in [-0.2, -0.15) is 0 Å². The fourth-order valence-corrected chi connectivity index (χ4v) is 5.19. The zero-order valence-corrected chi connectivity index (χ0v) is 18.8. The first-order valence-corrected chi connectivity index (χ1v) is 11.1. The normalized spacial score (nSPS) is 21.3. The van der Waals surface area contributed by atoms with Gasteiger partial charge in [-0.3, -0.25) is 14.4 Å². The van der Waals surface area contributed by atoms with Gasteiger partial charge < -0.3 is 15.2 Å². The van der Waals surface area contributed by atoms with Crippen LogP contribution in [0.3, 0.4) is 0 Å². The highest BCUT2D eigenvalue weighted by atomic mass is 16.5. The molecule has 0 saturated heterocycles. The number of aromatic hydroxyl groups is 1. The van der Waals surface area contributed by atoms with Gasteiger partial charge in [0.2, 0.25) is 5.78 Å². The number of Topliss-reactive ketones (excluding diaryl/α,β-unsaturated/α-hetero) is 3. The fourth-order valence-electron chi connectivity index (χ4n) is 5.19. The van der Waals surface area contributed by atoms with E-state index in [0.29, 0.717) is 47.4 Å². The molecule has 6 nitrogen and oxygen atoms in total. The highest BCUT2D eigenvalue weighted by Crippen LogP contribution is 2.49. The number of phenolic OH excluding ortho intramolecular Hbond substituents is 1. The molecule has 0 spiro atoms. The number of carbonyl (C=O) groups is 3. The van der Waals surface area contributed by atoms with E-state index in [1.165, 1.54) is 6.07 Å². The number of hydrogen-bond acceptors (Lipinski definition) is 6. The van der Waals surface area contributed by atoms with Crippen LogP contribution in [0.4, 0.5) is 0 Å². The fraction of sp³-hybridized carbons (Fsp3) is 0.296. The number of nitrogens with one attached hydrogen (secondary N) is 1. The van der Waals surface area contributed by atoms with Crippen molar-refractivity contribution in [1.82, 2.24) is 5.32 Å². The minimum absolute atomic E-state index is 0.0227. The van der Waals surface area contributed by atoms with Gasteiger partial charge in [0.05, 0.1) is 12.3 Å². The van der Waals surface area contributed by atoms with E-state index in [0.717, 1.165) is 0 Å². The number of benzene rings is 2. The summed E-state index contributed by atoms with van der Waals surface area (Å²) in [5.41, 5.74) is 2.77. The molecular formula is C27H25NO5. The summed E-state index contributed by atoms with van der Waals surface area (Å²) in [6, 6.07) is 11.6. The van der Waals surface area contributed by atoms with Crippen molar-refractivity contribution in [2.24, 2.45) is 5.41 Å². The van der Waals surface area contributed by atoms with Crippen molar-refractivity contribution < 1.29 is 24.2 Å². The molecule has 0 bridgehead atoms. The highest BCUT2D eigenvalue weighted by Gasteiger charge is 2.47. The second kappa shape index (κ2) is 7.44. The molecule has 2 aromatic carbocycles. The van der Waals surface area contributed by atoms with Crippen molar-refractivity contribution in [3.63, 3.8) is 0 Å². The Balaban J connectivity index is 1.76.